The molecule has 28 heavy (non-hydrogen) atoms. The fourth-order valence-corrected chi connectivity index (χ4v) is 3.08. The number of halogens is 2. The van der Waals surface area contributed by atoms with E-state index in [9.17, 15) is 18.4 Å². The fraction of sp³-hybridized carbons (Fsp3) is 0.333. The normalized spacial score (nSPS) is 14.5. The molecule has 0 saturated carbocycles. The van der Waals surface area contributed by atoms with Crippen LogP contribution in [0, 0.1) is 17.6 Å². The first kappa shape index (κ1) is 19.8. The molecule has 3 rings (SSSR count). The highest BCUT2D eigenvalue weighted by molar-refractivity contribution is 5.95. The predicted molar refractivity (Wildman–Crippen MR) is 104 cm³/mol. The zero-order valence-electron chi connectivity index (χ0n) is 15.9. The molecule has 0 radical (unpaired) electrons. The topological polar surface area (TPSA) is 52.7 Å². The van der Waals surface area contributed by atoms with Gasteiger partial charge in [-0.25, -0.2) is 13.6 Å². The molecule has 1 aliphatic heterocycles. The average molecular weight is 387 g/mol. The third kappa shape index (κ3) is 4.47. The zero-order valence-corrected chi connectivity index (χ0v) is 15.9. The van der Waals surface area contributed by atoms with E-state index in [0.29, 0.717) is 30.9 Å². The van der Waals surface area contributed by atoms with E-state index in [-0.39, 0.29) is 30.0 Å². The Bertz CT molecular complexity index is 886. The Balaban J connectivity index is 1.77. The van der Waals surface area contributed by atoms with Crippen LogP contribution in [0.15, 0.2) is 42.5 Å². The Morgan fingerprint density at radius 1 is 1.14 bits per heavy atom. The van der Waals surface area contributed by atoms with Crippen molar-refractivity contribution in [1.82, 2.24) is 4.90 Å². The number of hydrogen-bond donors (Lipinski definition) is 1. The van der Waals surface area contributed by atoms with Gasteiger partial charge in [-0.3, -0.25) is 9.69 Å². The van der Waals surface area contributed by atoms with Gasteiger partial charge < -0.3 is 10.2 Å². The van der Waals surface area contributed by atoms with Gasteiger partial charge in [0.05, 0.1) is 6.54 Å². The van der Waals surface area contributed by atoms with E-state index < -0.39 is 11.6 Å². The highest BCUT2D eigenvalue weighted by atomic mass is 19.1. The van der Waals surface area contributed by atoms with Crippen molar-refractivity contribution >= 4 is 23.3 Å². The third-order valence-electron chi connectivity index (χ3n) is 4.63. The smallest absolute Gasteiger partial charge is 0.324 e. The highest BCUT2D eigenvalue weighted by Crippen LogP contribution is 2.25. The Morgan fingerprint density at radius 3 is 2.68 bits per heavy atom. The minimum absolute atomic E-state index is 0.00268. The number of carbonyl (C=O) groups is 2. The minimum atomic E-state index is -0.537. The van der Waals surface area contributed by atoms with Crippen molar-refractivity contribution in [3.05, 3.63) is 59.7 Å². The maximum Gasteiger partial charge on any atom is 0.324 e. The molecule has 3 amide bonds. The molecule has 0 unspecified atom stereocenters. The van der Waals surface area contributed by atoms with Gasteiger partial charge in [0.15, 0.2) is 0 Å². The molecule has 0 atom stereocenters. The second-order valence-corrected chi connectivity index (χ2v) is 7.14. The number of carbonyl (C=O) groups excluding carboxylic acids is 2. The number of urea groups is 1. The SMILES string of the molecule is CC(C)C(=O)Nc1cccc(N2CCCN(Cc3cc(F)ccc3F)C2=O)c1. The molecule has 2 aromatic rings. The summed E-state index contributed by atoms with van der Waals surface area (Å²) in [4.78, 5) is 27.9. The third-order valence-corrected chi connectivity index (χ3v) is 4.63. The van der Waals surface area contributed by atoms with Crippen LogP contribution in [0.1, 0.15) is 25.8 Å². The van der Waals surface area contributed by atoms with Crippen LogP contribution in [-0.2, 0) is 11.3 Å². The first-order valence-electron chi connectivity index (χ1n) is 9.26. The quantitative estimate of drug-likeness (QED) is 0.827. The van der Waals surface area contributed by atoms with Crippen LogP contribution >= 0.6 is 0 Å². The molecule has 5 nitrogen and oxygen atoms in total. The van der Waals surface area contributed by atoms with Crippen LogP contribution < -0.4 is 10.2 Å². The van der Waals surface area contributed by atoms with Gasteiger partial charge in [0.1, 0.15) is 11.6 Å². The van der Waals surface area contributed by atoms with E-state index >= 15 is 0 Å². The van der Waals surface area contributed by atoms with Crippen molar-refractivity contribution in [2.24, 2.45) is 5.92 Å². The number of nitrogens with zero attached hydrogens (tertiary/aromatic N) is 2. The number of amides is 3. The molecule has 148 valence electrons. The summed E-state index contributed by atoms with van der Waals surface area (Å²) in [6.07, 6.45) is 0.700. The summed E-state index contributed by atoms with van der Waals surface area (Å²) >= 11 is 0. The molecule has 1 fully saturated rings. The van der Waals surface area contributed by atoms with E-state index in [2.05, 4.69) is 5.32 Å². The van der Waals surface area contributed by atoms with Crippen LogP contribution in [-0.4, -0.2) is 29.9 Å². The van der Waals surface area contributed by atoms with Crippen molar-refractivity contribution < 1.29 is 18.4 Å². The van der Waals surface area contributed by atoms with E-state index in [0.717, 1.165) is 18.2 Å². The molecule has 1 saturated heterocycles. The van der Waals surface area contributed by atoms with Crippen molar-refractivity contribution in [2.45, 2.75) is 26.8 Å². The summed E-state index contributed by atoms with van der Waals surface area (Å²) in [5.74, 6) is -1.33. The van der Waals surface area contributed by atoms with Gasteiger partial charge in [0, 0.05) is 35.9 Å². The van der Waals surface area contributed by atoms with Crippen molar-refractivity contribution in [3.63, 3.8) is 0 Å². The maximum atomic E-state index is 14.0. The van der Waals surface area contributed by atoms with E-state index in [4.69, 9.17) is 0 Å². The van der Waals surface area contributed by atoms with Crippen molar-refractivity contribution in [2.75, 3.05) is 23.3 Å². The summed E-state index contributed by atoms with van der Waals surface area (Å²) in [7, 11) is 0. The van der Waals surface area contributed by atoms with E-state index in [1.807, 2.05) is 0 Å². The van der Waals surface area contributed by atoms with Crippen LogP contribution in [0.2, 0.25) is 0 Å². The number of nitrogens with one attached hydrogen (secondary N) is 1. The molecule has 0 aromatic heterocycles. The monoisotopic (exact) mass is 387 g/mol. The molecule has 7 heteroatoms. The van der Waals surface area contributed by atoms with Crippen LogP contribution in [0.4, 0.5) is 25.0 Å². The van der Waals surface area contributed by atoms with Crippen LogP contribution in [0.3, 0.4) is 0 Å². The van der Waals surface area contributed by atoms with Gasteiger partial charge in [0.2, 0.25) is 5.91 Å². The van der Waals surface area contributed by atoms with E-state index in [1.54, 1.807) is 43.0 Å². The number of anilines is 2. The first-order valence-corrected chi connectivity index (χ1v) is 9.26. The Morgan fingerprint density at radius 2 is 1.93 bits per heavy atom. The molecular weight excluding hydrogens is 364 g/mol. The lowest BCUT2D eigenvalue weighted by molar-refractivity contribution is -0.118. The molecule has 1 N–H and O–H groups in total. The molecule has 0 aliphatic carbocycles. The fourth-order valence-electron chi connectivity index (χ4n) is 3.08. The van der Waals surface area contributed by atoms with Gasteiger partial charge >= 0.3 is 6.03 Å². The number of hydrogen-bond acceptors (Lipinski definition) is 2. The Kier molecular flexibility index (Phi) is 5.92. The predicted octanol–water partition coefficient (Wildman–Crippen LogP) is 4.39. The van der Waals surface area contributed by atoms with Gasteiger partial charge in [-0.1, -0.05) is 19.9 Å². The first-order chi connectivity index (χ1) is 13.3. The van der Waals surface area contributed by atoms with Gasteiger partial charge in [0.25, 0.3) is 0 Å². The number of benzene rings is 2. The van der Waals surface area contributed by atoms with Crippen molar-refractivity contribution in [3.8, 4) is 0 Å². The molecular formula is C21H23F2N3O2. The molecule has 1 aliphatic rings. The van der Waals surface area contributed by atoms with Crippen LogP contribution in [0.25, 0.3) is 0 Å². The highest BCUT2D eigenvalue weighted by Gasteiger charge is 2.27. The lowest BCUT2D eigenvalue weighted by Crippen LogP contribution is -2.49. The number of rotatable bonds is 5. The summed E-state index contributed by atoms with van der Waals surface area (Å²) in [6, 6.07) is 10.0. The average Bonchev–Trinajstić information content (AvgIpc) is 2.66. The molecule has 0 spiro atoms. The summed E-state index contributed by atoms with van der Waals surface area (Å²) in [6.45, 7) is 4.59. The van der Waals surface area contributed by atoms with Crippen LogP contribution in [0.5, 0.6) is 0 Å². The molecule has 1 heterocycles. The van der Waals surface area contributed by atoms with E-state index in [1.165, 1.54) is 4.90 Å². The van der Waals surface area contributed by atoms with Crippen molar-refractivity contribution in [1.29, 1.82) is 0 Å². The Hall–Kier alpha value is -2.96. The maximum absolute atomic E-state index is 14.0. The largest absolute Gasteiger partial charge is 0.326 e. The summed E-state index contributed by atoms with van der Waals surface area (Å²) in [5.41, 5.74) is 1.40. The summed E-state index contributed by atoms with van der Waals surface area (Å²) in [5, 5.41) is 2.82. The molecule has 0 bridgehead atoms. The van der Waals surface area contributed by atoms with Gasteiger partial charge in [-0.2, -0.15) is 0 Å². The lowest BCUT2D eigenvalue weighted by atomic mass is 10.1. The van der Waals surface area contributed by atoms with Gasteiger partial charge in [-0.05, 0) is 42.8 Å². The Labute approximate surface area is 162 Å². The standard InChI is InChI=1S/C21H23F2N3O2/c1-14(2)20(27)24-17-5-3-6-18(12-17)26-10-4-9-25(21(26)28)13-15-11-16(22)7-8-19(15)23/h3,5-8,11-12,14H,4,9-10,13H2,1-2H3,(H,24,27). The second-order valence-electron chi connectivity index (χ2n) is 7.14. The second kappa shape index (κ2) is 8.37. The minimum Gasteiger partial charge on any atom is -0.326 e. The lowest BCUT2D eigenvalue weighted by Gasteiger charge is -2.36. The van der Waals surface area contributed by atoms with Gasteiger partial charge in [-0.15, -0.1) is 0 Å². The molecule has 2 aromatic carbocycles. The zero-order chi connectivity index (χ0) is 20.3. The summed E-state index contributed by atoms with van der Waals surface area (Å²) < 4.78 is 27.4.